The number of ether oxygens (including phenoxy) is 1. The van der Waals surface area contributed by atoms with Crippen molar-refractivity contribution in [3.05, 3.63) is 30.3 Å². The normalized spacial score (nSPS) is 11.5. The van der Waals surface area contributed by atoms with Crippen LogP contribution in [-0.4, -0.2) is 22.3 Å². The van der Waals surface area contributed by atoms with Gasteiger partial charge in [-0.1, -0.05) is 18.2 Å². The van der Waals surface area contributed by atoms with Crippen LogP contribution >= 0.6 is 0 Å². The third kappa shape index (κ3) is 2.80. The van der Waals surface area contributed by atoms with Gasteiger partial charge in [-0.3, -0.25) is 0 Å². The van der Waals surface area contributed by atoms with Crippen LogP contribution in [0.15, 0.2) is 35.2 Å². The smallest absolute Gasteiger partial charge is 0.299 e. The van der Waals surface area contributed by atoms with Crippen LogP contribution in [0.4, 0.5) is 0 Å². The molecule has 1 aromatic rings. The third-order valence-electron chi connectivity index (χ3n) is 1.35. The maximum Gasteiger partial charge on any atom is 0.299 e. The predicted molar refractivity (Wildman–Crippen MR) is 46.6 cm³/mol. The number of hydrogen-bond donors (Lipinski definition) is 0. The van der Waals surface area contributed by atoms with Crippen LogP contribution in [0.5, 0.6) is 0 Å². The molecular weight excluding hydrogens is 192 g/mol. The monoisotopic (exact) mass is 202 g/mol. The molecule has 0 fully saturated rings. The van der Waals surface area contributed by atoms with Gasteiger partial charge in [0.2, 0.25) is 0 Å². The van der Waals surface area contributed by atoms with Gasteiger partial charge in [-0.05, 0) is 12.1 Å². The average molecular weight is 202 g/mol. The molecule has 13 heavy (non-hydrogen) atoms. The molecule has 0 amide bonds. The van der Waals surface area contributed by atoms with E-state index in [0.717, 1.165) is 0 Å². The molecule has 0 saturated carbocycles. The van der Waals surface area contributed by atoms with Gasteiger partial charge < -0.3 is 4.74 Å². The van der Waals surface area contributed by atoms with Crippen molar-refractivity contribution in [1.82, 2.24) is 0 Å². The summed E-state index contributed by atoms with van der Waals surface area (Å²) < 4.78 is 31.6. The maximum absolute atomic E-state index is 11.3. The van der Waals surface area contributed by atoms with Crippen LogP contribution in [0.2, 0.25) is 0 Å². The van der Waals surface area contributed by atoms with E-state index in [4.69, 9.17) is 0 Å². The molecule has 0 spiro atoms. The lowest BCUT2D eigenvalue weighted by Gasteiger charge is -2.03. The molecule has 0 atom stereocenters. The summed E-state index contributed by atoms with van der Waals surface area (Å²) in [4.78, 5) is 0.132. The van der Waals surface area contributed by atoms with Crippen LogP contribution in [0.3, 0.4) is 0 Å². The second-order valence-corrected chi connectivity index (χ2v) is 3.91. The Labute approximate surface area is 77.2 Å². The van der Waals surface area contributed by atoms with E-state index in [0.29, 0.717) is 0 Å². The van der Waals surface area contributed by atoms with Crippen molar-refractivity contribution in [1.29, 1.82) is 0 Å². The highest BCUT2D eigenvalue weighted by molar-refractivity contribution is 7.86. The molecule has 1 aromatic carbocycles. The fourth-order valence-electron chi connectivity index (χ4n) is 0.767. The van der Waals surface area contributed by atoms with Crippen molar-refractivity contribution in [3.63, 3.8) is 0 Å². The molecule has 0 aliphatic carbocycles. The SMILES string of the molecule is COCOS(=O)(=O)c1ccccc1. The molecule has 0 aliphatic rings. The van der Waals surface area contributed by atoms with Crippen LogP contribution in [0, 0.1) is 0 Å². The maximum atomic E-state index is 11.3. The van der Waals surface area contributed by atoms with Crippen molar-refractivity contribution < 1.29 is 17.3 Å². The van der Waals surface area contributed by atoms with Gasteiger partial charge in [0.05, 0.1) is 4.90 Å². The standard InChI is InChI=1S/C8H10O4S/c1-11-7-12-13(9,10)8-5-3-2-4-6-8/h2-6H,7H2,1H3. The molecule has 0 radical (unpaired) electrons. The van der Waals surface area contributed by atoms with E-state index in [2.05, 4.69) is 8.92 Å². The summed E-state index contributed by atoms with van der Waals surface area (Å²) in [6.07, 6.45) is 0. The van der Waals surface area contributed by atoms with Crippen LogP contribution in [-0.2, 0) is 19.0 Å². The molecule has 0 N–H and O–H groups in total. The first-order chi connectivity index (χ1) is 6.17. The van der Waals surface area contributed by atoms with Gasteiger partial charge in [0.25, 0.3) is 10.1 Å². The Balaban J connectivity index is 2.83. The van der Waals surface area contributed by atoms with Gasteiger partial charge in [0.1, 0.15) is 0 Å². The zero-order valence-electron chi connectivity index (χ0n) is 7.14. The predicted octanol–water partition coefficient (Wildman–Crippen LogP) is 0.996. The molecule has 5 heteroatoms. The fraction of sp³-hybridized carbons (Fsp3) is 0.250. The lowest BCUT2D eigenvalue weighted by atomic mass is 10.4. The first-order valence-corrected chi connectivity index (χ1v) is 5.01. The third-order valence-corrected chi connectivity index (χ3v) is 2.61. The minimum absolute atomic E-state index is 0.132. The minimum Gasteiger partial charge on any atom is -0.357 e. The summed E-state index contributed by atoms with van der Waals surface area (Å²) >= 11 is 0. The van der Waals surface area contributed by atoms with Crippen molar-refractivity contribution in [2.45, 2.75) is 4.90 Å². The summed E-state index contributed by atoms with van der Waals surface area (Å²) in [6.45, 7) is -0.267. The van der Waals surface area contributed by atoms with E-state index < -0.39 is 10.1 Å². The lowest BCUT2D eigenvalue weighted by molar-refractivity contribution is 0.0561. The summed E-state index contributed by atoms with van der Waals surface area (Å²) in [5.74, 6) is 0. The van der Waals surface area contributed by atoms with Crippen molar-refractivity contribution in [3.8, 4) is 0 Å². The number of rotatable bonds is 4. The van der Waals surface area contributed by atoms with Crippen LogP contribution in [0.1, 0.15) is 0 Å². The first-order valence-electron chi connectivity index (χ1n) is 3.60. The van der Waals surface area contributed by atoms with Gasteiger partial charge in [0.15, 0.2) is 6.79 Å². The van der Waals surface area contributed by atoms with E-state index in [1.807, 2.05) is 0 Å². The molecule has 0 aliphatic heterocycles. The topological polar surface area (TPSA) is 52.6 Å². The molecule has 0 heterocycles. The van der Waals surface area contributed by atoms with Gasteiger partial charge in [0, 0.05) is 7.11 Å². The van der Waals surface area contributed by atoms with Gasteiger partial charge in [-0.15, -0.1) is 0 Å². The molecule has 0 bridgehead atoms. The zero-order valence-corrected chi connectivity index (χ0v) is 7.95. The second-order valence-electron chi connectivity index (χ2n) is 2.29. The van der Waals surface area contributed by atoms with Gasteiger partial charge in [-0.25, -0.2) is 4.18 Å². The summed E-state index contributed by atoms with van der Waals surface area (Å²) in [5, 5.41) is 0. The number of hydrogen-bond acceptors (Lipinski definition) is 4. The van der Waals surface area contributed by atoms with Gasteiger partial charge in [-0.2, -0.15) is 8.42 Å². The van der Waals surface area contributed by atoms with Crippen LogP contribution in [0.25, 0.3) is 0 Å². The molecule has 0 saturated heterocycles. The van der Waals surface area contributed by atoms with Crippen LogP contribution < -0.4 is 0 Å². The average Bonchev–Trinajstić information content (AvgIpc) is 2.16. The number of benzene rings is 1. The minimum atomic E-state index is -3.65. The molecule has 0 aromatic heterocycles. The Morgan fingerprint density at radius 3 is 2.38 bits per heavy atom. The number of methoxy groups -OCH3 is 1. The van der Waals surface area contributed by atoms with Crippen molar-refractivity contribution in [2.75, 3.05) is 13.9 Å². The molecule has 1 rings (SSSR count). The lowest BCUT2D eigenvalue weighted by Crippen LogP contribution is -2.08. The van der Waals surface area contributed by atoms with E-state index in [1.54, 1.807) is 18.2 Å². The van der Waals surface area contributed by atoms with Gasteiger partial charge >= 0.3 is 0 Å². The van der Waals surface area contributed by atoms with E-state index in [9.17, 15) is 8.42 Å². The quantitative estimate of drug-likeness (QED) is 0.540. The van der Waals surface area contributed by atoms with Crippen molar-refractivity contribution in [2.24, 2.45) is 0 Å². The first kappa shape index (κ1) is 10.2. The highest BCUT2D eigenvalue weighted by Crippen LogP contribution is 2.10. The Bertz CT molecular complexity index is 344. The highest BCUT2D eigenvalue weighted by Gasteiger charge is 2.13. The Hall–Kier alpha value is -0.910. The Morgan fingerprint density at radius 1 is 1.23 bits per heavy atom. The van der Waals surface area contributed by atoms with Crippen molar-refractivity contribution >= 4 is 10.1 Å². The molecule has 0 unspecified atom stereocenters. The Kier molecular flexibility index (Phi) is 3.41. The van der Waals surface area contributed by atoms with E-state index in [1.165, 1.54) is 19.2 Å². The fourth-order valence-corrected chi connectivity index (χ4v) is 1.62. The summed E-state index contributed by atoms with van der Waals surface area (Å²) in [6, 6.07) is 7.91. The van der Waals surface area contributed by atoms with E-state index in [-0.39, 0.29) is 11.7 Å². The molecular formula is C8H10O4S. The highest BCUT2D eigenvalue weighted by atomic mass is 32.2. The Morgan fingerprint density at radius 2 is 1.85 bits per heavy atom. The molecule has 72 valence electrons. The van der Waals surface area contributed by atoms with E-state index >= 15 is 0 Å². The largest absolute Gasteiger partial charge is 0.357 e. The summed E-state index contributed by atoms with van der Waals surface area (Å²) in [5.41, 5.74) is 0. The summed E-state index contributed by atoms with van der Waals surface area (Å²) in [7, 11) is -2.29. The zero-order chi connectivity index (χ0) is 9.73. The second kappa shape index (κ2) is 4.36. The molecule has 4 nitrogen and oxygen atoms in total.